The molecule has 5 heteroatoms. The quantitative estimate of drug-likeness (QED) is 0.643. The van der Waals surface area contributed by atoms with Gasteiger partial charge in [-0.05, 0) is 19.4 Å². The molecule has 21 heavy (non-hydrogen) atoms. The van der Waals surface area contributed by atoms with Gasteiger partial charge in [0, 0.05) is 0 Å². The van der Waals surface area contributed by atoms with Crippen LogP contribution in [0.25, 0.3) is 0 Å². The van der Waals surface area contributed by atoms with Gasteiger partial charge in [0.2, 0.25) is 0 Å². The summed E-state index contributed by atoms with van der Waals surface area (Å²) in [5.41, 5.74) is 1.27. The van der Waals surface area contributed by atoms with E-state index in [0.717, 1.165) is 5.56 Å². The summed E-state index contributed by atoms with van der Waals surface area (Å²) < 4.78 is 6.65. The molecule has 0 aliphatic heterocycles. The van der Waals surface area contributed by atoms with Crippen molar-refractivity contribution in [1.29, 1.82) is 0 Å². The molecule has 4 nitrogen and oxygen atoms in total. The van der Waals surface area contributed by atoms with Crippen LogP contribution in [0.3, 0.4) is 0 Å². The number of carbonyl (C=O) groups excluding carboxylic acids is 1. The average molecular weight is 303 g/mol. The number of carbonyl (C=O) groups is 1. The molecular formula is C16H15ClN2O2. The minimum atomic E-state index is -0.525. The summed E-state index contributed by atoms with van der Waals surface area (Å²) in [6.07, 6.45) is 1.45. The van der Waals surface area contributed by atoms with E-state index in [1.807, 2.05) is 37.3 Å². The van der Waals surface area contributed by atoms with E-state index in [1.165, 1.54) is 6.20 Å². The second-order valence-electron chi connectivity index (χ2n) is 4.38. The molecule has 0 saturated carbocycles. The topological polar surface area (TPSA) is 44.1 Å². The smallest absolute Gasteiger partial charge is 0.359 e. The van der Waals surface area contributed by atoms with Crippen LogP contribution >= 0.6 is 11.6 Å². The van der Waals surface area contributed by atoms with Gasteiger partial charge < -0.3 is 4.74 Å². The minimum absolute atomic E-state index is 0.0383. The number of hydrogen-bond acceptors (Lipinski definition) is 3. The summed E-state index contributed by atoms with van der Waals surface area (Å²) in [5.74, 6) is 4.81. The molecule has 0 spiro atoms. The summed E-state index contributed by atoms with van der Waals surface area (Å²) in [6, 6.07) is 9.62. The van der Waals surface area contributed by atoms with Gasteiger partial charge in [-0.3, -0.25) is 0 Å². The largest absolute Gasteiger partial charge is 0.448 e. The van der Waals surface area contributed by atoms with Gasteiger partial charge in [0.25, 0.3) is 0 Å². The van der Waals surface area contributed by atoms with E-state index >= 15 is 0 Å². The van der Waals surface area contributed by atoms with Gasteiger partial charge in [0.05, 0.1) is 17.3 Å². The molecule has 1 atom stereocenters. The number of aromatic nitrogens is 2. The Morgan fingerprint density at radius 3 is 2.81 bits per heavy atom. The zero-order valence-electron chi connectivity index (χ0n) is 11.8. The number of benzene rings is 1. The Hall–Kier alpha value is -2.25. The molecule has 1 heterocycles. The van der Waals surface area contributed by atoms with Crippen LogP contribution < -0.4 is 0 Å². The van der Waals surface area contributed by atoms with Crippen LogP contribution in [-0.4, -0.2) is 22.4 Å². The van der Waals surface area contributed by atoms with Crippen molar-refractivity contribution in [3.05, 3.63) is 52.8 Å². The third-order valence-electron chi connectivity index (χ3n) is 3.05. The summed E-state index contributed by atoms with van der Waals surface area (Å²) in [4.78, 5) is 12.1. The maximum atomic E-state index is 12.1. The van der Waals surface area contributed by atoms with E-state index in [4.69, 9.17) is 16.3 Å². The Bertz CT molecular complexity index is 683. The molecule has 1 aromatic carbocycles. The fraction of sp³-hybridized carbons (Fsp3) is 0.250. The lowest BCUT2D eigenvalue weighted by Gasteiger charge is -2.15. The monoisotopic (exact) mass is 302 g/mol. The van der Waals surface area contributed by atoms with E-state index in [-0.39, 0.29) is 23.4 Å². The molecule has 0 amide bonds. The van der Waals surface area contributed by atoms with E-state index in [1.54, 1.807) is 11.6 Å². The number of esters is 1. The summed E-state index contributed by atoms with van der Waals surface area (Å²) >= 11 is 6.06. The number of halogens is 1. The van der Waals surface area contributed by atoms with E-state index in [9.17, 15) is 4.79 Å². The Balaban J connectivity index is 2.29. The summed E-state index contributed by atoms with van der Waals surface area (Å²) in [5, 5.41) is 4.46. The van der Waals surface area contributed by atoms with Gasteiger partial charge in [0.15, 0.2) is 12.3 Å². The molecule has 0 saturated heterocycles. The van der Waals surface area contributed by atoms with Crippen molar-refractivity contribution in [2.24, 2.45) is 0 Å². The van der Waals surface area contributed by atoms with Crippen LogP contribution in [0.5, 0.6) is 0 Å². The highest BCUT2D eigenvalue weighted by atomic mass is 35.5. The van der Waals surface area contributed by atoms with Crippen molar-refractivity contribution >= 4 is 17.6 Å². The van der Waals surface area contributed by atoms with Gasteiger partial charge in [-0.1, -0.05) is 47.9 Å². The Kier molecular flexibility index (Phi) is 5.02. The predicted octanol–water partition coefficient (Wildman–Crippen LogP) is 3.33. The highest BCUT2D eigenvalue weighted by Crippen LogP contribution is 2.24. The van der Waals surface area contributed by atoms with Crippen LogP contribution in [0.15, 0.2) is 36.5 Å². The first-order chi connectivity index (χ1) is 10.1. The van der Waals surface area contributed by atoms with E-state index in [0.29, 0.717) is 0 Å². The second-order valence-corrected chi connectivity index (χ2v) is 4.78. The van der Waals surface area contributed by atoms with Crippen LogP contribution in [0, 0.1) is 11.8 Å². The first-order valence-electron chi connectivity index (χ1n) is 6.49. The van der Waals surface area contributed by atoms with Crippen molar-refractivity contribution < 1.29 is 9.53 Å². The van der Waals surface area contributed by atoms with Crippen LogP contribution in [0.4, 0.5) is 0 Å². The zero-order chi connectivity index (χ0) is 15.2. The lowest BCUT2D eigenvalue weighted by molar-refractivity contribution is 0.0541. The Labute approximate surface area is 128 Å². The maximum absolute atomic E-state index is 12.1. The molecule has 0 unspecified atom stereocenters. The van der Waals surface area contributed by atoms with Crippen molar-refractivity contribution in [2.75, 3.05) is 6.61 Å². The van der Waals surface area contributed by atoms with Crippen LogP contribution in [-0.2, 0) is 4.74 Å². The lowest BCUT2D eigenvalue weighted by atomic mass is 10.1. The van der Waals surface area contributed by atoms with Gasteiger partial charge in [0.1, 0.15) is 0 Å². The first kappa shape index (κ1) is 15.1. The van der Waals surface area contributed by atoms with Gasteiger partial charge in [-0.2, -0.15) is 5.10 Å². The minimum Gasteiger partial charge on any atom is -0.448 e. The van der Waals surface area contributed by atoms with E-state index < -0.39 is 5.97 Å². The van der Waals surface area contributed by atoms with Crippen molar-refractivity contribution in [3.63, 3.8) is 0 Å². The molecule has 108 valence electrons. The van der Waals surface area contributed by atoms with Crippen molar-refractivity contribution in [2.45, 2.75) is 19.9 Å². The normalized spacial score (nSPS) is 11.4. The van der Waals surface area contributed by atoms with Crippen molar-refractivity contribution in [3.8, 4) is 11.8 Å². The fourth-order valence-electron chi connectivity index (χ4n) is 1.94. The molecule has 2 rings (SSSR count). The third-order valence-corrected chi connectivity index (χ3v) is 3.32. The van der Waals surface area contributed by atoms with Gasteiger partial charge >= 0.3 is 5.97 Å². The highest BCUT2D eigenvalue weighted by molar-refractivity contribution is 6.33. The fourth-order valence-corrected chi connectivity index (χ4v) is 2.15. The first-order valence-corrected chi connectivity index (χ1v) is 6.87. The summed E-state index contributed by atoms with van der Waals surface area (Å²) in [6.45, 7) is 3.67. The SMILES string of the molecule is CC#CCOC(=O)c1c(Cl)cnn1[C@H](C)c1ccccc1. The standard InChI is InChI=1S/C16H15ClN2O2/c1-3-4-10-21-16(20)15-14(17)11-18-19(15)12(2)13-8-6-5-7-9-13/h5-9,11-12H,10H2,1-2H3/t12-/m1/s1. The lowest BCUT2D eigenvalue weighted by Crippen LogP contribution is -2.17. The molecule has 1 aromatic heterocycles. The average Bonchev–Trinajstić information content (AvgIpc) is 2.89. The van der Waals surface area contributed by atoms with Gasteiger partial charge in [-0.15, -0.1) is 5.92 Å². The van der Waals surface area contributed by atoms with Crippen molar-refractivity contribution in [1.82, 2.24) is 9.78 Å². The van der Waals surface area contributed by atoms with Crippen LogP contribution in [0.1, 0.15) is 35.9 Å². The third kappa shape index (κ3) is 3.45. The highest BCUT2D eigenvalue weighted by Gasteiger charge is 2.22. The molecule has 2 aromatic rings. The molecule has 0 aliphatic carbocycles. The Morgan fingerprint density at radius 2 is 2.14 bits per heavy atom. The van der Waals surface area contributed by atoms with Crippen LogP contribution in [0.2, 0.25) is 5.02 Å². The number of hydrogen-bond donors (Lipinski definition) is 0. The van der Waals surface area contributed by atoms with E-state index in [2.05, 4.69) is 16.9 Å². The number of rotatable bonds is 4. The number of nitrogens with zero attached hydrogens (tertiary/aromatic N) is 2. The molecule has 0 radical (unpaired) electrons. The molecular weight excluding hydrogens is 288 g/mol. The molecule has 0 bridgehead atoms. The zero-order valence-corrected chi connectivity index (χ0v) is 12.6. The molecule has 0 fully saturated rings. The molecule has 0 N–H and O–H groups in total. The van der Waals surface area contributed by atoms with Gasteiger partial charge in [-0.25, -0.2) is 9.48 Å². The number of ether oxygens (including phenoxy) is 1. The Morgan fingerprint density at radius 1 is 1.43 bits per heavy atom. The maximum Gasteiger partial charge on any atom is 0.359 e. The summed E-state index contributed by atoms with van der Waals surface area (Å²) in [7, 11) is 0. The molecule has 0 aliphatic rings. The second kappa shape index (κ2) is 6.96. The predicted molar refractivity (Wildman–Crippen MR) is 81.2 cm³/mol.